The Labute approximate surface area is 177 Å². The van der Waals surface area contributed by atoms with Gasteiger partial charge in [0.15, 0.2) is 0 Å². The van der Waals surface area contributed by atoms with E-state index in [0.717, 1.165) is 12.0 Å². The van der Waals surface area contributed by atoms with Crippen LogP contribution in [0.25, 0.3) is 0 Å². The first-order valence-electron chi connectivity index (χ1n) is 9.87. The predicted molar refractivity (Wildman–Crippen MR) is 114 cm³/mol. The summed E-state index contributed by atoms with van der Waals surface area (Å²) in [7, 11) is 1.64. The summed E-state index contributed by atoms with van der Waals surface area (Å²) in [5, 5.41) is 3.53. The quantitative estimate of drug-likeness (QED) is 0.703. The van der Waals surface area contributed by atoms with E-state index in [4.69, 9.17) is 16.3 Å². The second-order valence-corrected chi connectivity index (χ2v) is 7.92. The van der Waals surface area contributed by atoms with Gasteiger partial charge in [-0.05, 0) is 37.1 Å². The molecule has 2 aromatic rings. The molecule has 1 fully saturated rings. The Kier molecular flexibility index (Phi) is 7.29. The second kappa shape index (κ2) is 9.90. The Morgan fingerprint density at radius 1 is 1.17 bits per heavy atom. The lowest BCUT2D eigenvalue weighted by atomic mass is 9.88. The van der Waals surface area contributed by atoms with Gasteiger partial charge in [-0.3, -0.25) is 9.59 Å². The number of ether oxygens (including phenoxy) is 1. The maximum atomic E-state index is 13.0. The number of carbonyl (C=O) groups excluding carboxylic acids is 2. The number of halogens is 1. The van der Waals surface area contributed by atoms with Crippen LogP contribution in [-0.2, 0) is 9.53 Å². The third kappa shape index (κ3) is 5.37. The van der Waals surface area contributed by atoms with Gasteiger partial charge in [-0.2, -0.15) is 0 Å². The van der Waals surface area contributed by atoms with Crippen LogP contribution in [0.3, 0.4) is 0 Å². The van der Waals surface area contributed by atoms with E-state index in [1.54, 1.807) is 36.3 Å². The number of aryl methyl sites for hydroxylation is 1. The Balaban J connectivity index is 1.78. The number of likely N-dealkylation sites (tertiary alicyclic amines) is 1. The van der Waals surface area contributed by atoms with Crippen molar-refractivity contribution in [2.75, 3.05) is 33.4 Å². The fraction of sp³-hybridized carbons (Fsp3) is 0.391. The molecule has 3 rings (SSSR count). The molecule has 0 unspecified atom stereocenters. The van der Waals surface area contributed by atoms with Gasteiger partial charge >= 0.3 is 0 Å². The summed E-state index contributed by atoms with van der Waals surface area (Å²) in [6.07, 6.45) is 0.759. The molecule has 1 aliphatic heterocycles. The highest BCUT2D eigenvalue weighted by molar-refractivity contribution is 6.30. The molecule has 0 radical (unpaired) electrons. The van der Waals surface area contributed by atoms with Crippen molar-refractivity contribution in [1.82, 2.24) is 10.2 Å². The largest absolute Gasteiger partial charge is 0.385 e. The normalized spacial score (nSPS) is 18.7. The first-order valence-corrected chi connectivity index (χ1v) is 10.3. The summed E-state index contributed by atoms with van der Waals surface area (Å²) in [6, 6.07) is 15.1. The van der Waals surface area contributed by atoms with Crippen molar-refractivity contribution in [2.45, 2.75) is 19.3 Å². The number of hydrogen-bond donors (Lipinski definition) is 1. The molecule has 29 heavy (non-hydrogen) atoms. The van der Waals surface area contributed by atoms with Gasteiger partial charge in [0.2, 0.25) is 5.91 Å². The van der Waals surface area contributed by atoms with E-state index in [0.29, 0.717) is 36.8 Å². The minimum absolute atomic E-state index is 0.0203. The highest BCUT2D eigenvalue weighted by atomic mass is 35.5. The van der Waals surface area contributed by atoms with Crippen LogP contribution in [0.2, 0.25) is 5.02 Å². The van der Waals surface area contributed by atoms with E-state index >= 15 is 0 Å². The van der Waals surface area contributed by atoms with Crippen LogP contribution in [0, 0.1) is 12.8 Å². The maximum Gasteiger partial charge on any atom is 0.253 e. The second-order valence-electron chi connectivity index (χ2n) is 7.48. The van der Waals surface area contributed by atoms with Gasteiger partial charge in [0.25, 0.3) is 5.91 Å². The standard InChI is InChI=1S/C23H27ClN2O3/c1-16-7-9-17(10-8-16)20-14-26(23(28)18-5-3-6-19(24)13-18)15-21(20)22(27)25-11-4-12-29-2/h3,5-10,13,20-21H,4,11-12,14-15H2,1-2H3,(H,25,27)/t20-,21-/m1/s1. The summed E-state index contributed by atoms with van der Waals surface area (Å²) < 4.78 is 5.04. The van der Waals surface area contributed by atoms with E-state index in [-0.39, 0.29) is 23.7 Å². The molecule has 1 heterocycles. The Bertz CT molecular complexity index is 853. The number of carbonyl (C=O) groups is 2. The van der Waals surface area contributed by atoms with Gasteiger partial charge in [0, 0.05) is 49.9 Å². The molecule has 5 nitrogen and oxygen atoms in total. The molecule has 1 aliphatic rings. The molecule has 0 spiro atoms. The third-order valence-corrected chi connectivity index (χ3v) is 5.58. The van der Waals surface area contributed by atoms with Gasteiger partial charge in [-0.25, -0.2) is 0 Å². The van der Waals surface area contributed by atoms with Crippen LogP contribution in [-0.4, -0.2) is 50.1 Å². The maximum absolute atomic E-state index is 13.0. The lowest BCUT2D eigenvalue weighted by Crippen LogP contribution is -2.36. The Morgan fingerprint density at radius 2 is 1.93 bits per heavy atom. The van der Waals surface area contributed by atoms with Crippen molar-refractivity contribution in [3.05, 3.63) is 70.2 Å². The van der Waals surface area contributed by atoms with E-state index in [9.17, 15) is 9.59 Å². The van der Waals surface area contributed by atoms with Crippen molar-refractivity contribution in [2.24, 2.45) is 5.92 Å². The molecule has 154 valence electrons. The number of hydrogen-bond acceptors (Lipinski definition) is 3. The number of nitrogens with zero attached hydrogens (tertiary/aromatic N) is 1. The van der Waals surface area contributed by atoms with Crippen LogP contribution in [0.4, 0.5) is 0 Å². The molecule has 2 atom stereocenters. The molecule has 0 saturated carbocycles. The predicted octanol–water partition coefficient (Wildman–Crippen LogP) is 3.66. The van der Waals surface area contributed by atoms with Gasteiger partial charge in [0.1, 0.15) is 0 Å². The lowest BCUT2D eigenvalue weighted by Gasteiger charge is -2.18. The molecule has 0 aliphatic carbocycles. The zero-order valence-corrected chi connectivity index (χ0v) is 17.6. The molecule has 2 amide bonds. The summed E-state index contributed by atoms with van der Waals surface area (Å²) in [6.45, 7) is 4.09. The van der Waals surface area contributed by atoms with E-state index in [2.05, 4.69) is 17.4 Å². The van der Waals surface area contributed by atoms with Gasteiger partial charge in [-0.1, -0.05) is 47.5 Å². The van der Waals surface area contributed by atoms with Crippen LogP contribution >= 0.6 is 11.6 Å². The zero-order valence-electron chi connectivity index (χ0n) is 16.9. The summed E-state index contributed by atoms with van der Waals surface area (Å²) in [4.78, 5) is 27.7. The molecule has 0 bridgehead atoms. The van der Waals surface area contributed by atoms with Crippen LogP contribution < -0.4 is 5.32 Å². The first-order chi connectivity index (χ1) is 14.0. The Morgan fingerprint density at radius 3 is 2.62 bits per heavy atom. The van der Waals surface area contributed by atoms with E-state index in [1.165, 1.54) is 5.56 Å². The van der Waals surface area contributed by atoms with Crippen LogP contribution in [0.15, 0.2) is 48.5 Å². The van der Waals surface area contributed by atoms with Crippen molar-refractivity contribution >= 4 is 23.4 Å². The molecule has 0 aromatic heterocycles. The highest BCUT2D eigenvalue weighted by Gasteiger charge is 2.40. The average molecular weight is 415 g/mol. The SMILES string of the molecule is COCCCNC(=O)[C@@H]1CN(C(=O)c2cccc(Cl)c2)C[C@@H]1c1ccc(C)cc1. The van der Waals surface area contributed by atoms with Crippen molar-refractivity contribution in [3.63, 3.8) is 0 Å². The number of benzene rings is 2. The summed E-state index contributed by atoms with van der Waals surface area (Å²) in [5.41, 5.74) is 2.79. The fourth-order valence-corrected chi connectivity index (χ4v) is 3.94. The fourth-order valence-electron chi connectivity index (χ4n) is 3.75. The first kappa shape index (κ1) is 21.3. The number of nitrogens with one attached hydrogen (secondary N) is 1. The lowest BCUT2D eigenvalue weighted by molar-refractivity contribution is -0.124. The van der Waals surface area contributed by atoms with E-state index < -0.39 is 0 Å². The summed E-state index contributed by atoms with van der Waals surface area (Å²) in [5.74, 6) is -0.447. The molecular weight excluding hydrogens is 388 g/mol. The number of rotatable bonds is 7. The topological polar surface area (TPSA) is 58.6 Å². The zero-order chi connectivity index (χ0) is 20.8. The summed E-state index contributed by atoms with van der Waals surface area (Å²) >= 11 is 6.05. The smallest absolute Gasteiger partial charge is 0.253 e. The molecule has 6 heteroatoms. The van der Waals surface area contributed by atoms with Gasteiger partial charge < -0.3 is 15.0 Å². The van der Waals surface area contributed by atoms with Gasteiger partial charge in [-0.15, -0.1) is 0 Å². The van der Waals surface area contributed by atoms with E-state index in [1.807, 2.05) is 19.1 Å². The average Bonchev–Trinajstić information content (AvgIpc) is 3.16. The van der Waals surface area contributed by atoms with Crippen molar-refractivity contribution < 1.29 is 14.3 Å². The van der Waals surface area contributed by atoms with Crippen molar-refractivity contribution in [3.8, 4) is 0 Å². The molecule has 1 saturated heterocycles. The monoisotopic (exact) mass is 414 g/mol. The Hall–Kier alpha value is -2.37. The molecular formula is C23H27ClN2O3. The van der Waals surface area contributed by atoms with Crippen LogP contribution in [0.1, 0.15) is 33.8 Å². The highest BCUT2D eigenvalue weighted by Crippen LogP contribution is 2.34. The number of amides is 2. The minimum atomic E-state index is -0.289. The van der Waals surface area contributed by atoms with Crippen molar-refractivity contribution in [1.29, 1.82) is 0 Å². The third-order valence-electron chi connectivity index (χ3n) is 5.35. The molecule has 1 N–H and O–H groups in total. The number of methoxy groups -OCH3 is 1. The van der Waals surface area contributed by atoms with Gasteiger partial charge in [0.05, 0.1) is 5.92 Å². The molecule has 2 aromatic carbocycles. The van der Waals surface area contributed by atoms with Crippen LogP contribution in [0.5, 0.6) is 0 Å². The minimum Gasteiger partial charge on any atom is -0.385 e.